The quantitative estimate of drug-likeness (QED) is 0.234. The second-order valence-corrected chi connectivity index (χ2v) is 12.2. The molecule has 2 saturated heterocycles. The van der Waals surface area contributed by atoms with Crippen LogP contribution in [0.1, 0.15) is 58.6 Å². The summed E-state index contributed by atoms with van der Waals surface area (Å²) in [6, 6.07) is 12.9. The molecule has 1 atom stereocenters. The third-order valence-corrected chi connectivity index (χ3v) is 8.70. The second kappa shape index (κ2) is 13.9. The molecule has 0 aromatic heterocycles. The van der Waals surface area contributed by atoms with Gasteiger partial charge in [-0.2, -0.15) is 5.26 Å². The van der Waals surface area contributed by atoms with Crippen LogP contribution in [0, 0.1) is 11.3 Å². The van der Waals surface area contributed by atoms with Crippen LogP contribution in [0.25, 0.3) is 0 Å². The number of nitriles is 1. The van der Waals surface area contributed by atoms with Crippen LogP contribution in [-0.4, -0.2) is 77.9 Å². The molecule has 0 aliphatic carbocycles. The fraction of sp³-hybridized carbons (Fsp3) is 0.500. The van der Waals surface area contributed by atoms with Gasteiger partial charge in [-0.1, -0.05) is 31.9 Å². The van der Waals surface area contributed by atoms with Crippen molar-refractivity contribution in [2.45, 2.75) is 65.5 Å². The second-order valence-electron chi connectivity index (χ2n) is 11.4. The molecule has 0 saturated carbocycles. The largest absolute Gasteiger partial charge is 0.492 e. The Kier molecular flexibility index (Phi) is 10.5. The van der Waals surface area contributed by atoms with Crippen molar-refractivity contribution in [1.82, 2.24) is 9.80 Å². The normalized spacial score (nSPS) is 18.6. The van der Waals surface area contributed by atoms with E-state index in [9.17, 15) is 14.9 Å². The van der Waals surface area contributed by atoms with Crippen LogP contribution in [0.15, 0.2) is 36.4 Å². The monoisotopic (exact) mass is 625 g/mol. The molecule has 0 bridgehead atoms. The molecule has 0 unspecified atom stereocenters. The highest BCUT2D eigenvalue weighted by Crippen LogP contribution is 2.39. The molecular weight excluding hydrogens is 586 g/mol. The van der Waals surface area contributed by atoms with Gasteiger partial charge in [0.25, 0.3) is 5.91 Å². The predicted molar refractivity (Wildman–Crippen MR) is 173 cm³/mol. The van der Waals surface area contributed by atoms with E-state index >= 15 is 0 Å². The molecule has 0 N–H and O–H groups in total. The highest BCUT2D eigenvalue weighted by molar-refractivity contribution is 7.81. The minimum absolute atomic E-state index is 0.0728. The van der Waals surface area contributed by atoms with Crippen molar-refractivity contribution >= 4 is 52.3 Å². The molecule has 230 valence electrons. The zero-order chi connectivity index (χ0) is 31.3. The van der Waals surface area contributed by atoms with E-state index in [0.717, 1.165) is 55.9 Å². The van der Waals surface area contributed by atoms with Crippen molar-refractivity contribution in [3.8, 4) is 11.8 Å². The summed E-state index contributed by atoms with van der Waals surface area (Å²) in [5.41, 5.74) is 1.73. The number of ether oxygens (including phenoxy) is 2. The van der Waals surface area contributed by atoms with Gasteiger partial charge in [0, 0.05) is 37.9 Å². The molecule has 43 heavy (non-hydrogen) atoms. The highest BCUT2D eigenvalue weighted by Gasteiger charge is 2.50. The number of halogens is 1. The maximum Gasteiger partial charge on any atom is 0.410 e. The number of rotatable bonds is 10. The van der Waals surface area contributed by atoms with Gasteiger partial charge in [-0.3, -0.25) is 14.6 Å². The van der Waals surface area contributed by atoms with Gasteiger partial charge in [-0.25, -0.2) is 4.79 Å². The molecular formula is C32H40ClN5O4S. The van der Waals surface area contributed by atoms with Crippen molar-refractivity contribution in [2.75, 3.05) is 49.2 Å². The summed E-state index contributed by atoms with van der Waals surface area (Å²) in [5.74, 6) is 0.614. The van der Waals surface area contributed by atoms with E-state index in [1.165, 1.54) is 4.90 Å². The van der Waals surface area contributed by atoms with Crippen LogP contribution >= 0.6 is 23.8 Å². The Morgan fingerprint density at radius 3 is 2.53 bits per heavy atom. The lowest BCUT2D eigenvalue weighted by molar-refractivity contribution is -0.120. The summed E-state index contributed by atoms with van der Waals surface area (Å²) < 4.78 is 11.6. The standard InChI is InChI=1S/C32H40ClN5O4S/c1-6-8-16-42-31(40)36-14-13-35(21-22(36)3)15-17-41-28-12-11-26(18-23(28)7-2)38-30(43)37(29(39)32(38,4)5)25-10-9-24(20-34)27(33)19-25/h9-12,18-19,22H,6-8,13-17,21H2,1-5H3/t22-/m0/s1. The first kappa shape index (κ1) is 32.5. The topological polar surface area (TPSA) is 89.3 Å². The lowest BCUT2D eigenvalue weighted by Crippen LogP contribution is -2.54. The predicted octanol–water partition coefficient (Wildman–Crippen LogP) is 6.01. The molecule has 0 spiro atoms. The highest BCUT2D eigenvalue weighted by atomic mass is 35.5. The first-order valence-corrected chi connectivity index (χ1v) is 15.6. The lowest BCUT2D eigenvalue weighted by atomic mass is 10.0. The molecule has 11 heteroatoms. The van der Waals surface area contributed by atoms with Crippen LogP contribution in [0.2, 0.25) is 5.02 Å². The number of nitrogens with zero attached hydrogens (tertiary/aromatic N) is 5. The van der Waals surface area contributed by atoms with Crippen molar-refractivity contribution in [1.29, 1.82) is 5.26 Å². The third-order valence-electron chi connectivity index (χ3n) is 8.02. The molecule has 2 amide bonds. The van der Waals surface area contributed by atoms with Crippen molar-refractivity contribution in [3.63, 3.8) is 0 Å². The molecule has 2 aliphatic heterocycles. The van der Waals surface area contributed by atoms with Gasteiger partial charge in [-0.05, 0) is 87.8 Å². The number of carbonyl (C=O) groups is 2. The molecule has 0 radical (unpaired) electrons. The van der Waals surface area contributed by atoms with Crippen LogP contribution < -0.4 is 14.5 Å². The van der Waals surface area contributed by atoms with E-state index in [1.807, 2.05) is 54.8 Å². The van der Waals surface area contributed by atoms with E-state index in [4.69, 9.17) is 33.3 Å². The van der Waals surface area contributed by atoms with Gasteiger partial charge in [0.05, 0.1) is 22.9 Å². The summed E-state index contributed by atoms with van der Waals surface area (Å²) in [6.07, 6.45) is 2.39. The average molecular weight is 626 g/mol. The number of piperazine rings is 1. The number of carbonyl (C=O) groups excluding carboxylic acids is 2. The maximum atomic E-state index is 13.6. The van der Waals surface area contributed by atoms with Gasteiger partial charge >= 0.3 is 6.09 Å². The van der Waals surface area contributed by atoms with Crippen molar-refractivity contribution in [3.05, 3.63) is 52.5 Å². The van der Waals surface area contributed by atoms with Crippen LogP contribution in [0.3, 0.4) is 0 Å². The van der Waals surface area contributed by atoms with E-state index in [2.05, 4.69) is 18.7 Å². The average Bonchev–Trinajstić information content (AvgIpc) is 3.15. The maximum absolute atomic E-state index is 13.6. The van der Waals surface area contributed by atoms with Gasteiger partial charge in [-0.15, -0.1) is 0 Å². The van der Waals surface area contributed by atoms with E-state index < -0.39 is 5.54 Å². The molecule has 2 aromatic rings. The number of anilines is 2. The lowest BCUT2D eigenvalue weighted by Gasteiger charge is -2.39. The number of unbranched alkanes of at least 4 members (excludes halogenated alkanes) is 1. The molecule has 2 aromatic carbocycles. The number of benzene rings is 2. The fourth-order valence-corrected chi connectivity index (χ4v) is 6.23. The van der Waals surface area contributed by atoms with Crippen LogP contribution in [0.4, 0.5) is 16.2 Å². The van der Waals surface area contributed by atoms with E-state index in [-0.39, 0.29) is 23.1 Å². The Balaban J connectivity index is 1.40. The molecule has 4 rings (SSSR count). The summed E-state index contributed by atoms with van der Waals surface area (Å²) in [6.45, 7) is 13.8. The Hall–Kier alpha value is -3.39. The Labute approximate surface area is 264 Å². The van der Waals surface area contributed by atoms with Gasteiger partial charge in [0.15, 0.2) is 5.11 Å². The van der Waals surface area contributed by atoms with Crippen molar-refractivity contribution < 1.29 is 19.1 Å². The van der Waals surface area contributed by atoms with Gasteiger partial charge in [0.1, 0.15) is 24.0 Å². The smallest absolute Gasteiger partial charge is 0.410 e. The zero-order valence-corrected chi connectivity index (χ0v) is 27.1. The molecule has 2 heterocycles. The van der Waals surface area contributed by atoms with Gasteiger partial charge in [0.2, 0.25) is 0 Å². The van der Waals surface area contributed by atoms with Crippen LogP contribution in [0.5, 0.6) is 5.75 Å². The number of hydrogen-bond acceptors (Lipinski definition) is 7. The zero-order valence-electron chi connectivity index (χ0n) is 25.6. The van der Waals surface area contributed by atoms with Crippen LogP contribution in [-0.2, 0) is 16.0 Å². The number of thiocarbonyl (C=S) groups is 1. The minimum Gasteiger partial charge on any atom is -0.492 e. The van der Waals surface area contributed by atoms with Gasteiger partial charge < -0.3 is 19.3 Å². The first-order chi connectivity index (χ1) is 20.5. The molecule has 2 aliphatic rings. The fourth-order valence-electron chi connectivity index (χ4n) is 5.49. The number of hydrogen-bond donors (Lipinski definition) is 0. The Morgan fingerprint density at radius 1 is 1.14 bits per heavy atom. The summed E-state index contributed by atoms with van der Waals surface area (Å²) in [7, 11) is 0. The molecule has 9 nitrogen and oxygen atoms in total. The summed E-state index contributed by atoms with van der Waals surface area (Å²) in [4.78, 5) is 33.4. The minimum atomic E-state index is -0.938. The van der Waals surface area contributed by atoms with E-state index in [1.54, 1.807) is 18.2 Å². The Bertz CT molecular complexity index is 1410. The van der Waals surface area contributed by atoms with E-state index in [0.29, 0.717) is 36.1 Å². The Morgan fingerprint density at radius 2 is 1.88 bits per heavy atom. The first-order valence-electron chi connectivity index (χ1n) is 14.8. The number of amides is 2. The number of aryl methyl sites for hydroxylation is 1. The van der Waals surface area contributed by atoms with Crippen molar-refractivity contribution in [2.24, 2.45) is 0 Å². The SMILES string of the molecule is CCCCOC(=O)N1CCN(CCOc2ccc(N3C(=S)N(c4ccc(C#N)c(Cl)c4)C(=O)C3(C)C)cc2CC)C[C@@H]1C. The summed E-state index contributed by atoms with van der Waals surface area (Å²) >= 11 is 12.1. The third kappa shape index (κ3) is 6.90. The molecule has 2 fully saturated rings. The summed E-state index contributed by atoms with van der Waals surface area (Å²) in [5, 5.41) is 9.84.